The molecule has 364 valence electrons. The number of carbonyl (C=O) groups excluding carboxylic acids is 4. The number of likely N-dealkylation sites (tertiary alicyclic amines) is 2. The third-order valence-electron chi connectivity index (χ3n) is 13.0. The summed E-state index contributed by atoms with van der Waals surface area (Å²) >= 11 is 0. The summed E-state index contributed by atoms with van der Waals surface area (Å²) in [5, 5.41) is 6.74. The van der Waals surface area contributed by atoms with E-state index in [-0.39, 0.29) is 34.7 Å². The van der Waals surface area contributed by atoms with Crippen molar-refractivity contribution in [3.63, 3.8) is 0 Å². The lowest BCUT2D eigenvalue weighted by atomic mass is 10.1. The van der Waals surface area contributed by atoms with Crippen molar-refractivity contribution in [2.75, 3.05) is 23.7 Å². The first-order valence-electron chi connectivity index (χ1n) is 23.4. The number of hydrogen-bond donors (Lipinski definition) is 5. The van der Waals surface area contributed by atoms with E-state index in [4.69, 9.17) is 0 Å². The van der Waals surface area contributed by atoms with Crippen molar-refractivity contribution in [2.24, 2.45) is 0 Å². The first kappa shape index (κ1) is 48.6. The Bertz CT molecular complexity index is 3320. The number of sulfonamides is 2. The highest BCUT2D eigenvalue weighted by Crippen LogP contribution is 2.31. The molecule has 0 saturated carbocycles. The summed E-state index contributed by atoms with van der Waals surface area (Å²) in [6, 6.07) is 40.3. The highest BCUT2D eigenvalue weighted by atomic mass is 32.2. The van der Waals surface area contributed by atoms with E-state index in [0.717, 1.165) is 33.3 Å². The highest BCUT2D eigenvalue weighted by Gasteiger charge is 2.41. The fraction of sp³-hybridized carbons (Fsp3) is 0.222. The number of anilines is 2. The average molecular weight is 992 g/mol. The molecule has 0 bridgehead atoms. The molecule has 9 rings (SSSR count). The van der Waals surface area contributed by atoms with Gasteiger partial charge in [0.05, 0.1) is 9.79 Å². The van der Waals surface area contributed by atoms with Gasteiger partial charge in [0.2, 0.25) is 43.7 Å². The van der Waals surface area contributed by atoms with Crippen LogP contribution < -0.4 is 20.1 Å². The molecule has 0 radical (unpaired) electrons. The molecule has 7 aromatic rings. The van der Waals surface area contributed by atoms with Crippen LogP contribution in [0.25, 0.3) is 22.2 Å². The normalized spacial score (nSPS) is 16.9. The van der Waals surface area contributed by atoms with Gasteiger partial charge in [0.1, 0.15) is 24.2 Å². The molecule has 2 aliphatic heterocycles. The number of fused-ring (bicyclic) bond motifs is 1. The number of amides is 4. The smallest absolute Gasteiger partial charge is 0.247 e. The minimum absolute atomic E-state index is 0.0275. The summed E-state index contributed by atoms with van der Waals surface area (Å²) in [4.78, 5) is 62.6. The topological polar surface area (TPSA) is 207 Å². The van der Waals surface area contributed by atoms with E-state index >= 15 is 0 Å². The lowest BCUT2D eigenvalue weighted by molar-refractivity contribution is -0.138. The van der Waals surface area contributed by atoms with Gasteiger partial charge >= 0.3 is 0 Å². The summed E-state index contributed by atoms with van der Waals surface area (Å²) in [6.07, 6.45) is 1.94. The second kappa shape index (κ2) is 20.5. The third-order valence-corrected chi connectivity index (χ3v) is 15.9. The van der Waals surface area contributed by atoms with Crippen molar-refractivity contribution in [3.05, 3.63) is 180 Å². The fourth-order valence-corrected chi connectivity index (χ4v) is 11.5. The summed E-state index contributed by atoms with van der Waals surface area (Å²) in [7, 11) is -8.21. The van der Waals surface area contributed by atoms with Gasteiger partial charge in [-0.3, -0.25) is 19.2 Å². The first-order valence-corrected chi connectivity index (χ1v) is 26.3. The van der Waals surface area contributed by atoms with Crippen LogP contribution in [0.5, 0.6) is 0 Å². The van der Waals surface area contributed by atoms with E-state index in [9.17, 15) is 36.0 Å². The molecular formula is C54H53N7O8S2. The van der Waals surface area contributed by atoms with Crippen molar-refractivity contribution >= 4 is 66.0 Å². The number of rotatable bonds is 15. The molecule has 3 heterocycles. The standard InChI is InChI=1S/C54H53N7O8S2/c1-35-17-26-43(27-18-35)70(66,67)58-49(38-11-5-3-6-12-38)53(64)60-31-9-15-47(60)51(62)55-41-23-21-37(22-24-41)46-34-40-33-42(25-30-45(40)57-46)56-52(63)48-16-10-32-61(48)54(65)50(39-13-7-4-8-14-39)59-71(68,69)44-28-19-36(2)20-29-44/h3-8,11-14,17-30,33-34,47-50,57-59H,9-10,15-16,31-32H2,1-2H3,(H,55,62)(H,56,63)/t47-,48?,49+,50-/m0/s1. The molecule has 1 unspecified atom stereocenters. The van der Waals surface area contributed by atoms with Crippen LogP contribution in [0.1, 0.15) is 60.0 Å². The van der Waals surface area contributed by atoms with E-state index in [0.29, 0.717) is 48.2 Å². The van der Waals surface area contributed by atoms with Crippen LogP contribution in [0.15, 0.2) is 168 Å². The molecule has 4 amide bonds. The number of benzene rings is 6. The zero-order chi connectivity index (χ0) is 49.9. The number of nitrogens with one attached hydrogen (secondary N) is 5. The molecule has 5 N–H and O–H groups in total. The van der Waals surface area contributed by atoms with E-state index in [1.54, 1.807) is 103 Å². The number of carbonyl (C=O) groups is 4. The van der Waals surface area contributed by atoms with Gasteiger partial charge in [-0.25, -0.2) is 16.8 Å². The van der Waals surface area contributed by atoms with Crippen LogP contribution in [-0.2, 0) is 39.2 Å². The lowest BCUT2D eigenvalue weighted by Gasteiger charge is -2.29. The van der Waals surface area contributed by atoms with Crippen LogP contribution in [0.4, 0.5) is 11.4 Å². The minimum atomic E-state index is -4.11. The maximum Gasteiger partial charge on any atom is 0.247 e. The molecule has 6 aromatic carbocycles. The maximum absolute atomic E-state index is 14.3. The molecule has 0 aliphatic carbocycles. The maximum atomic E-state index is 14.3. The lowest BCUT2D eigenvalue weighted by Crippen LogP contribution is -2.48. The Balaban J connectivity index is 0.850. The number of aryl methyl sites for hydroxylation is 2. The average Bonchev–Trinajstić information content (AvgIpc) is 4.17. The third kappa shape index (κ3) is 10.8. The Morgan fingerprint density at radius 3 is 1.44 bits per heavy atom. The SMILES string of the molecule is Cc1ccc(S(=O)(=O)N[C@H](C(=O)N2CCCC2C(=O)Nc2ccc3[nH]c(-c4ccc(NC(=O)[C@@H]5CCCN5C(=O)[C@H](NS(=O)(=O)c5ccc(C)cc5)c5ccccc5)cc4)cc3c2)c2ccccc2)cc1. The van der Waals surface area contributed by atoms with E-state index < -0.39 is 56.0 Å². The predicted octanol–water partition coefficient (Wildman–Crippen LogP) is 7.75. The second-order valence-corrected chi connectivity index (χ2v) is 21.4. The molecular weight excluding hydrogens is 939 g/mol. The predicted molar refractivity (Wildman–Crippen MR) is 272 cm³/mol. The molecule has 0 spiro atoms. The van der Waals surface area contributed by atoms with E-state index in [1.807, 2.05) is 44.2 Å². The van der Waals surface area contributed by atoms with Crippen LogP contribution in [0.3, 0.4) is 0 Å². The fourth-order valence-electron chi connectivity index (χ4n) is 9.18. The quantitative estimate of drug-likeness (QED) is 0.0685. The number of hydrogen-bond acceptors (Lipinski definition) is 8. The molecule has 2 saturated heterocycles. The second-order valence-electron chi connectivity index (χ2n) is 18.0. The van der Waals surface area contributed by atoms with Crippen molar-refractivity contribution in [3.8, 4) is 11.3 Å². The molecule has 1 aromatic heterocycles. The monoisotopic (exact) mass is 991 g/mol. The van der Waals surface area contributed by atoms with Crippen LogP contribution in [0.2, 0.25) is 0 Å². The van der Waals surface area contributed by atoms with Crippen molar-refractivity contribution in [1.29, 1.82) is 0 Å². The number of H-pyrrole nitrogens is 1. The Morgan fingerprint density at radius 1 is 0.535 bits per heavy atom. The first-order chi connectivity index (χ1) is 34.1. The van der Waals surface area contributed by atoms with Gasteiger partial charge in [-0.2, -0.15) is 9.44 Å². The Kier molecular flexibility index (Phi) is 14.0. The number of nitrogens with zero attached hydrogens (tertiary/aromatic N) is 2. The highest BCUT2D eigenvalue weighted by molar-refractivity contribution is 7.89. The van der Waals surface area contributed by atoms with Gasteiger partial charge in [-0.15, -0.1) is 0 Å². The largest absolute Gasteiger partial charge is 0.355 e. The van der Waals surface area contributed by atoms with Gasteiger partial charge < -0.3 is 25.4 Å². The van der Waals surface area contributed by atoms with E-state index in [1.165, 1.54) is 34.1 Å². The van der Waals surface area contributed by atoms with Crippen molar-refractivity contribution < 1.29 is 36.0 Å². The number of aromatic amines is 1. The van der Waals surface area contributed by atoms with Gasteiger partial charge in [0, 0.05) is 41.1 Å². The Morgan fingerprint density at radius 2 is 0.972 bits per heavy atom. The van der Waals surface area contributed by atoms with Crippen molar-refractivity contribution in [2.45, 2.75) is 73.5 Å². The molecule has 2 fully saturated rings. The zero-order valence-corrected chi connectivity index (χ0v) is 40.7. The van der Waals surface area contributed by atoms with Gasteiger partial charge in [0.25, 0.3) is 0 Å². The van der Waals surface area contributed by atoms with Gasteiger partial charge in [-0.05, 0) is 117 Å². The van der Waals surface area contributed by atoms with Gasteiger partial charge in [0.15, 0.2) is 0 Å². The Hall–Kier alpha value is -7.44. The zero-order valence-electron chi connectivity index (χ0n) is 39.0. The molecule has 2 aliphatic rings. The van der Waals surface area contributed by atoms with Crippen LogP contribution in [0, 0.1) is 13.8 Å². The minimum Gasteiger partial charge on any atom is -0.355 e. The molecule has 4 atom stereocenters. The molecule has 17 heteroatoms. The molecule has 71 heavy (non-hydrogen) atoms. The number of aromatic nitrogens is 1. The van der Waals surface area contributed by atoms with E-state index in [2.05, 4.69) is 25.1 Å². The summed E-state index contributed by atoms with van der Waals surface area (Å²) in [5.74, 6) is -1.82. The van der Waals surface area contributed by atoms with Crippen molar-refractivity contribution in [1.82, 2.24) is 24.2 Å². The van der Waals surface area contributed by atoms with Gasteiger partial charge in [-0.1, -0.05) is 108 Å². The molecule has 15 nitrogen and oxygen atoms in total. The summed E-state index contributed by atoms with van der Waals surface area (Å²) in [6.45, 7) is 4.27. The van der Waals surface area contributed by atoms with Crippen LogP contribution >= 0.6 is 0 Å². The van der Waals surface area contributed by atoms with Crippen LogP contribution in [-0.4, -0.2) is 80.4 Å². The summed E-state index contributed by atoms with van der Waals surface area (Å²) < 4.78 is 59.4. The Labute approximate surface area is 412 Å². The summed E-state index contributed by atoms with van der Waals surface area (Å²) in [5.41, 5.74) is 6.12.